The maximum absolute atomic E-state index is 13.1. The molecule has 0 saturated carbocycles. The number of hydrogen-bond acceptors (Lipinski definition) is 4. The molecule has 1 amide bonds. The summed E-state index contributed by atoms with van der Waals surface area (Å²) in [4.78, 5) is 21.5. The van der Waals surface area contributed by atoms with Gasteiger partial charge in [-0.25, -0.2) is 0 Å². The number of amidine groups is 1. The van der Waals surface area contributed by atoms with E-state index in [1.165, 1.54) is 0 Å². The van der Waals surface area contributed by atoms with E-state index in [0.29, 0.717) is 6.54 Å². The van der Waals surface area contributed by atoms with Gasteiger partial charge in [0.15, 0.2) is 5.76 Å². The molecule has 0 N–H and O–H groups in total. The Hall–Kier alpha value is -3.68. The summed E-state index contributed by atoms with van der Waals surface area (Å²) in [6, 6.07) is 32.7. The summed E-state index contributed by atoms with van der Waals surface area (Å²) in [6.07, 6.45) is 1.76. The van der Waals surface area contributed by atoms with E-state index < -0.39 is 0 Å². The molecule has 1 saturated heterocycles. The summed E-state index contributed by atoms with van der Waals surface area (Å²) in [5.41, 5.74) is 5.68. The summed E-state index contributed by atoms with van der Waals surface area (Å²) in [6.45, 7) is 4.32. The second-order valence-electron chi connectivity index (χ2n) is 8.71. The van der Waals surface area contributed by atoms with Gasteiger partial charge in [0.05, 0.1) is 5.69 Å². The highest BCUT2D eigenvalue weighted by molar-refractivity contribution is 9.11. The zero-order valence-corrected chi connectivity index (χ0v) is 24.1. The number of ether oxygens (including phenoxy) is 1. The number of benzene rings is 4. The molecular weight excluding hydrogens is 606 g/mol. The Morgan fingerprint density at radius 2 is 1.45 bits per heavy atom. The van der Waals surface area contributed by atoms with Crippen LogP contribution in [0.5, 0.6) is 0 Å². The minimum Gasteiger partial charge on any atom is -0.419 e. The van der Waals surface area contributed by atoms with Crippen LogP contribution in [0.1, 0.15) is 18.1 Å². The molecule has 0 bridgehead atoms. The lowest BCUT2D eigenvalue weighted by Crippen LogP contribution is -2.29. The van der Waals surface area contributed by atoms with Gasteiger partial charge in [0, 0.05) is 32.6 Å². The number of anilines is 3. The number of amides is 1. The van der Waals surface area contributed by atoms with Crippen molar-refractivity contribution in [2.75, 3.05) is 11.4 Å². The van der Waals surface area contributed by atoms with Gasteiger partial charge in [0.2, 0.25) is 0 Å². The molecule has 0 aliphatic carbocycles. The summed E-state index contributed by atoms with van der Waals surface area (Å²) >= 11 is 7.06. The first-order valence-electron chi connectivity index (χ1n) is 12.2. The standard InChI is InChI=1S/C31H25Br2N3O2/c1-3-35-30(37)28(38-31(35)34-29-21(2)18-23(32)20-27(29)33)19-22-14-16-26(17-15-22)36(24-10-6-4-7-11-24)25-12-8-5-9-13-25/h4-20H,3H2,1-2H3. The van der Waals surface area contributed by atoms with Crippen molar-refractivity contribution in [2.45, 2.75) is 13.8 Å². The van der Waals surface area contributed by atoms with E-state index in [9.17, 15) is 4.79 Å². The maximum Gasteiger partial charge on any atom is 0.305 e. The van der Waals surface area contributed by atoms with Crippen LogP contribution < -0.4 is 4.90 Å². The maximum atomic E-state index is 13.1. The Labute approximate surface area is 239 Å². The van der Waals surface area contributed by atoms with E-state index in [0.717, 1.165) is 42.8 Å². The molecule has 7 heteroatoms. The zero-order valence-electron chi connectivity index (χ0n) is 20.9. The van der Waals surface area contributed by atoms with Crippen LogP contribution >= 0.6 is 31.9 Å². The van der Waals surface area contributed by atoms with Crippen molar-refractivity contribution in [2.24, 2.45) is 4.99 Å². The van der Waals surface area contributed by atoms with Crippen molar-refractivity contribution in [3.8, 4) is 0 Å². The van der Waals surface area contributed by atoms with Crippen molar-refractivity contribution >= 4 is 72.6 Å². The number of hydrogen-bond donors (Lipinski definition) is 0. The summed E-state index contributed by atoms with van der Waals surface area (Å²) in [7, 11) is 0. The number of halogens is 2. The minimum absolute atomic E-state index is 0.212. The largest absolute Gasteiger partial charge is 0.419 e. The molecule has 38 heavy (non-hydrogen) atoms. The summed E-state index contributed by atoms with van der Waals surface area (Å²) in [5, 5.41) is 0. The van der Waals surface area contributed by atoms with Crippen molar-refractivity contribution in [3.05, 3.63) is 123 Å². The highest BCUT2D eigenvalue weighted by atomic mass is 79.9. The van der Waals surface area contributed by atoms with Crippen LogP contribution in [0, 0.1) is 6.92 Å². The highest BCUT2D eigenvalue weighted by Gasteiger charge is 2.34. The SMILES string of the molecule is CCN1C(=O)C(=Cc2ccc(N(c3ccccc3)c3ccccc3)cc2)OC1=Nc1c(C)cc(Br)cc1Br. The fourth-order valence-corrected chi connectivity index (χ4v) is 5.80. The molecule has 4 aromatic rings. The van der Waals surface area contributed by atoms with Gasteiger partial charge in [-0.15, -0.1) is 0 Å². The van der Waals surface area contributed by atoms with E-state index in [-0.39, 0.29) is 17.7 Å². The van der Waals surface area contributed by atoms with Gasteiger partial charge in [-0.1, -0.05) is 64.5 Å². The quantitative estimate of drug-likeness (QED) is 0.200. The third-order valence-electron chi connectivity index (χ3n) is 6.11. The Morgan fingerprint density at radius 3 is 2.00 bits per heavy atom. The predicted molar refractivity (Wildman–Crippen MR) is 161 cm³/mol. The lowest BCUT2D eigenvalue weighted by molar-refractivity contribution is -0.122. The zero-order chi connectivity index (χ0) is 26.6. The van der Waals surface area contributed by atoms with Gasteiger partial charge in [0.1, 0.15) is 0 Å². The normalized spacial score (nSPS) is 15.3. The number of aryl methyl sites for hydroxylation is 1. The lowest BCUT2D eigenvalue weighted by Gasteiger charge is -2.25. The van der Waals surface area contributed by atoms with Crippen LogP contribution in [0.3, 0.4) is 0 Å². The number of carbonyl (C=O) groups is 1. The molecule has 5 nitrogen and oxygen atoms in total. The molecular formula is C31H25Br2N3O2. The first kappa shape index (κ1) is 25.9. The molecule has 0 unspecified atom stereocenters. The number of aliphatic imine (C=N–C) groups is 1. The molecule has 190 valence electrons. The number of carbonyl (C=O) groups excluding carboxylic acids is 1. The lowest BCUT2D eigenvalue weighted by atomic mass is 10.1. The van der Waals surface area contributed by atoms with Crippen LogP contribution in [0.2, 0.25) is 0 Å². The Kier molecular flexibility index (Phi) is 7.77. The Bertz CT molecular complexity index is 1460. The minimum atomic E-state index is -0.212. The topological polar surface area (TPSA) is 45.1 Å². The smallest absolute Gasteiger partial charge is 0.305 e. The first-order valence-corrected chi connectivity index (χ1v) is 13.8. The van der Waals surface area contributed by atoms with Crippen molar-refractivity contribution < 1.29 is 9.53 Å². The highest BCUT2D eigenvalue weighted by Crippen LogP contribution is 2.36. The van der Waals surface area contributed by atoms with E-state index in [1.54, 1.807) is 11.0 Å². The second kappa shape index (κ2) is 11.4. The summed E-state index contributed by atoms with van der Waals surface area (Å²) < 4.78 is 7.75. The van der Waals surface area contributed by atoms with Crippen LogP contribution in [0.25, 0.3) is 6.08 Å². The number of nitrogens with zero attached hydrogens (tertiary/aromatic N) is 3. The van der Waals surface area contributed by atoms with Gasteiger partial charge in [-0.05, 0) is 95.5 Å². The van der Waals surface area contributed by atoms with Crippen LogP contribution in [-0.2, 0) is 9.53 Å². The molecule has 1 fully saturated rings. The molecule has 0 aromatic heterocycles. The fourth-order valence-electron chi connectivity index (χ4n) is 4.27. The number of para-hydroxylation sites is 2. The molecule has 0 radical (unpaired) electrons. The van der Waals surface area contributed by atoms with Gasteiger partial charge in [-0.2, -0.15) is 4.99 Å². The third kappa shape index (κ3) is 5.44. The van der Waals surface area contributed by atoms with E-state index in [1.807, 2.05) is 86.6 Å². The fraction of sp³-hybridized carbons (Fsp3) is 0.0968. The molecule has 4 aromatic carbocycles. The van der Waals surface area contributed by atoms with Gasteiger partial charge in [-0.3, -0.25) is 9.69 Å². The van der Waals surface area contributed by atoms with Gasteiger partial charge in [0.25, 0.3) is 5.91 Å². The van der Waals surface area contributed by atoms with E-state index in [4.69, 9.17) is 4.74 Å². The first-order chi connectivity index (χ1) is 18.4. The molecule has 0 spiro atoms. The monoisotopic (exact) mass is 629 g/mol. The average Bonchev–Trinajstić information content (AvgIpc) is 3.22. The van der Waals surface area contributed by atoms with Gasteiger partial charge < -0.3 is 9.64 Å². The van der Waals surface area contributed by atoms with E-state index in [2.05, 4.69) is 66.0 Å². The average molecular weight is 631 g/mol. The molecule has 1 aliphatic rings. The predicted octanol–water partition coefficient (Wildman–Crippen LogP) is 8.90. The third-order valence-corrected chi connectivity index (χ3v) is 7.17. The Morgan fingerprint density at radius 1 is 0.868 bits per heavy atom. The van der Waals surface area contributed by atoms with Crippen molar-refractivity contribution in [3.63, 3.8) is 0 Å². The molecule has 1 heterocycles. The Balaban J connectivity index is 1.45. The molecule has 5 rings (SSSR count). The van der Waals surface area contributed by atoms with Crippen LogP contribution in [0.15, 0.2) is 117 Å². The number of rotatable bonds is 6. The molecule has 1 aliphatic heterocycles. The van der Waals surface area contributed by atoms with Crippen LogP contribution in [-0.4, -0.2) is 23.4 Å². The van der Waals surface area contributed by atoms with Crippen LogP contribution in [0.4, 0.5) is 22.7 Å². The van der Waals surface area contributed by atoms with Crippen molar-refractivity contribution in [1.82, 2.24) is 4.90 Å². The number of likely N-dealkylation sites (N-methyl/N-ethyl adjacent to an activating group) is 1. The second-order valence-corrected chi connectivity index (χ2v) is 10.5. The van der Waals surface area contributed by atoms with E-state index >= 15 is 0 Å². The van der Waals surface area contributed by atoms with Gasteiger partial charge >= 0.3 is 6.02 Å². The van der Waals surface area contributed by atoms with Crippen molar-refractivity contribution in [1.29, 1.82) is 0 Å². The summed E-state index contributed by atoms with van der Waals surface area (Å²) in [5.74, 6) is 0.0311. The molecule has 0 atom stereocenters.